The van der Waals surface area contributed by atoms with E-state index < -0.39 is 16.0 Å². The number of nitrogens with one attached hydrogen (secondary N) is 1. The van der Waals surface area contributed by atoms with E-state index in [0.29, 0.717) is 17.7 Å². The van der Waals surface area contributed by atoms with Gasteiger partial charge in [0.1, 0.15) is 9.77 Å². The minimum atomic E-state index is -3.80. The van der Waals surface area contributed by atoms with Crippen molar-refractivity contribution in [3.8, 4) is 0 Å². The largest absolute Gasteiger partial charge is 0.477 e. The molecule has 0 fully saturated rings. The second-order valence-corrected chi connectivity index (χ2v) is 7.78. The maximum Gasteiger partial charge on any atom is 0.347 e. The molecular formula is C11H17NO5S3. The molecule has 0 aliphatic heterocycles. The Morgan fingerprint density at radius 1 is 1.45 bits per heavy atom. The summed E-state index contributed by atoms with van der Waals surface area (Å²) in [5.74, 6) is 0.0989. The van der Waals surface area contributed by atoms with Crippen LogP contribution in [-0.4, -0.2) is 49.3 Å². The molecular weight excluding hydrogens is 322 g/mol. The van der Waals surface area contributed by atoms with Gasteiger partial charge in [0, 0.05) is 18.9 Å². The van der Waals surface area contributed by atoms with Gasteiger partial charge in [-0.3, -0.25) is 0 Å². The van der Waals surface area contributed by atoms with Crippen molar-refractivity contribution in [3.05, 3.63) is 15.8 Å². The molecule has 1 heterocycles. The molecule has 0 radical (unpaired) electrons. The molecule has 1 aromatic rings. The third-order valence-electron chi connectivity index (χ3n) is 2.37. The van der Waals surface area contributed by atoms with E-state index in [0.717, 1.165) is 17.1 Å². The fourth-order valence-corrected chi connectivity index (χ4v) is 5.08. The van der Waals surface area contributed by atoms with Crippen LogP contribution in [0.5, 0.6) is 0 Å². The van der Waals surface area contributed by atoms with Gasteiger partial charge in [0.2, 0.25) is 10.0 Å². The summed E-state index contributed by atoms with van der Waals surface area (Å²) in [7, 11) is -3.80. The fraction of sp³-hybridized carbons (Fsp3) is 0.545. The summed E-state index contributed by atoms with van der Waals surface area (Å²) < 4.78 is 26.6. The molecule has 0 saturated heterocycles. The van der Waals surface area contributed by atoms with Crippen LogP contribution in [0.3, 0.4) is 0 Å². The number of carbonyl (C=O) groups is 1. The molecule has 1 rings (SSSR count). The molecule has 0 atom stereocenters. The lowest BCUT2D eigenvalue weighted by atomic mass is 10.3. The number of rotatable bonds is 9. The minimum absolute atomic E-state index is 0.120. The molecule has 0 aliphatic carbocycles. The third-order valence-corrected chi connectivity index (χ3v) is 6.30. The number of aliphatic hydroxyl groups is 1. The van der Waals surface area contributed by atoms with Gasteiger partial charge in [0.05, 0.1) is 0 Å². The Labute approximate surface area is 126 Å². The van der Waals surface area contributed by atoms with Gasteiger partial charge in [-0.1, -0.05) is 0 Å². The first-order valence-corrected chi connectivity index (χ1v) is 9.41. The lowest BCUT2D eigenvalue weighted by Gasteiger charge is -2.07. The van der Waals surface area contributed by atoms with Crippen molar-refractivity contribution < 1.29 is 23.4 Å². The Balaban J connectivity index is 2.65. The van der Waals surface area contributed by atoms with Gasteiger partial charge in [0.25, 0.3) is 0 Å². The van der Waals surface area contributed by atoms with Gasteiger partial charge in [-0.2, -0.15) is 11.8 Å². The number of thioether (sulfide) groups is 1. The monoisotopic (exact) mass is 339 g/mol. The number of aromatic carboxylic acids is 1. The van der Waals surface area contributed by atoms with Crippen molar-refractivity contribution in [3.63, 3.8) is 0 Å². The van der Waals surface area contributed by atoms with Crippen LogP contribution in [0.4, 0.5) is 0 Å². The quantitative estimate of drug-likeness (QED) is 0.583. The standard InChI is InChI=1S/C11H17NO5S3/c1-8-7-19-9(11(14)15)10(8)20(16,17)12-3-6-18-5-2-4-13/h7,12-13H,2-6H2,1H3,(H,14,15). The number of hydrogen-bond donors (Lipinski definition) is 3. The van der Waals surface area contributed by atoms with Gasteiger partial charge >= 0.3 is 5.97 Å². The van der Waals surface area contributed by atoms with Crippen LogP contribution in [0.25, 0.3) is 0 Å². The first-order valence-electron chi connectivity index (χ1n) is 5.89. The number of carboxylic acid groups (broad SMARTS) is 1. The third kappa shape index (κ3) is 4.74. The zero-order valence-electron chi connectivity index (χ0n) is 11.0. The predicted octanol–water partition coefficient (Wildman–Crippen LogP) is 1.15. The molecule has 0 aliphatic rings. The first kappa shape index (κ1) is 17.4. The van der Waals surface area contributed by atoms with E-state index in [1.807, 2.05) is 0 Å². The van der Waals surface area contributed by atoms with Crippen LogP contribution < -0.4 is 4.72 Å². The number of hydrogen-bond acceptors (Lipinski definition) is 6. The summed E-state index contributed by atoms with van der Waals surface area (Å²) in [6.07, 6.45) is 0.671. The van der Waals surface area contributed by atoms with E-state index in [4.69, 9.17) is 10.2 Å². The highest BCUT2D eigenvalue weighted by Gasteiger charge is 2.26. The van der Waals surface area contributed by atoms with E-state index in [2.05, 4.69) is 4.72 Å². The molecule has 9 heteroatoms. The molecule has 3 N–H and O–H groups in total. The summed E-state index contributed by atoms with van der Waals surface area (Å²) in [6, 6.07) is 0. The second-order valence-electron chi connectivity index (χ2n) is 3.97. The summed E-state index contributed by atoms with van der Waals surface area (Å²) in [5, 5.41) is 19.1. The minimum Gasteiger partial charge on any atom is -0.477 e. The van der Waals surface area contributed by atoms with Gasteiger partial charge in [0.15, 0.2) is 0 Å². The summed E-state index contributed by atoms with van der Waals surface area (Å²) in [6.45, 7) is 1.93. The number of aryl methyl sites for hydroxylation is 1. The Morgan fingerprint density at radius 2 is 2.15 bits per heavy atom. The van der Waals surface area contributed by atoms with Crippen molar-refractivity contribution in [2.24, 2.45) is 0 Å². The van der Waals surface area contributed by atoms with E-state index in [9.17, 15) is 13.2 Å². The van der Waals surface area contributed by atoms with Crippen LogP contribution in [0.1, 0.15) is 21.7 Å². The number of carboxylic acids is 1. The highest BCUT2D eigenvalue weighted by atomic mass is 32.2. The Bertz CT molecular complexity index is 552. The van der Waals surface area contributed by atoms with Crippen molar-refractivity contribution in [2.75, 3.05) is 24.7 Å². The molecule has 0 bridgehead atoms. The average molecular weight is 339 g/mol. The SMILES string of the molecule is Cc1csc(C(=O)O)c1S(=O)(=O)NCCSCCCO. The van der Waals surface area contributed by atoms with E-state index in [-0.39, 0.29) is 22.9 Å². The van der Waals surface area contributed by atoms with Crippen LogP contribution in [0.2, 0.25) is 0 Å². The van der Waals surface area contributed by atoms with Crippen molar-refractivity contribution >= 4 is 39.1 Å². The van der Waals surface area contributed by atoms with Crippen molar-refractivity contribution in [1.29, 1.82) is 0 Å². The average Bonchev–Trinajstić information content (AvgIpc) is 2.76. The molecule has 114 valence electrons. The number of aliphatic hydroxyl groups excluding tert-OH is 1. The normalized spacial score (nSPS) is 11.7. The smallest absolute Gasteiger partial charge is 0.347 e. The highest BCUT2D eigenvalue weighted by molar-refractivity contribution is 7.99. The summed E-state index contributed by atoms with van der Waals surface area (Å²) in [4.78, 5) is 10.7. The molecule has 0 unspecified atom stereocenters. The lowest BCUT2D eigenvalue weighted by Crippen LogP contribution is -2.27. The summed E-state index contributed by atoms with van der Waals surface area (Å²) >= 11 is 2.44. The van der Waals surface area contributed by atoms with Crippen LogP contribution in [0, 0.1) is 6.92 Å². The maximum absolute atomic E-state index is 12.1. The van der Waals surface area contributed by atoms with Crippen LogP contribution >= 0.6 is 23.1 Å². The van der Waals surface area contributed by atoms with Crippen LogP contribution in [-0.2, 0) is 10.0 Å². The Hall–Kier alpha value is -0.610. The molecule has 6 nitrogen and oxygen atoms in total. The highest BCUT2D eigenvalue weighted by Crippen LogP contribution is 2.26. The molecule has 0 amide bonds. The van der Waals surface area contributed by atoms with Gasteiger partial charge in [-0.15, -0.1) is 11.3 Å². The molecule has 1 aromatic heterocycles. The van der Waals surface area contributed by atoms with Crippen molar-refractivity contribution in [2.45, 2.75) is 18.2 Å². The molecule has 0 aromatic carbocycles. The lowest BCUT2D eigenvalue weighted by molar-refractivity contribution is 0.0698. The van der Waals surface area contributed by atoms with E-state index >= 15 is 0 Å². The maximum atomic E-state index is 12.1. The van der Waals surface area contributed by atoms with E-state index in [1.165, 1.54) is 17.1 Å². The number of thiophene rings is 1. The Morgan fingerprint density at radius 3 is 2.75 bits per heavy atom. The van der Waals surface area contributed by atoms with Gasteiger partial charge < -0.3 is 10.2 Å². The zero-order chi connectivity index (χ0) is 15.2. The van der Waals surface area contributed by atoms with Gasteiger partial charge in [-0.25, -0.2) is 17.9 Å². The Kier molecular flexibility index (Phi) is 6.96. The fourth-order valence-electron chi connectivity index (χ4n) is 1.50. The number of sulfonamides is 1. The van der Waals surface area contributed by atoms with Gasteiger partial charge in [-0.05, 0) is 30.0 Å². The predicted molar refractivity (Wildman–Crippen MR) is 80.2 cm³/mol. The molecule has 0 saturated carbocycles. The second kappa shape index (κ2) is 7.99. The van der Waals surface area contributed by atoms with Crippen molar-refractivity contribution in [1.82, 2.24) is 4.72 Å². The topological polar surface area (TPSA) is 104 Å². The molecule has 20 heavy (non-hydrogen) atoms. The van der Waals surface area contributed by atoms with E-state index in [1.54, 1.807) is 6.92 Å². The zero-order valence-corrected chi connectivity index (χ0v) is 13.4. The molecule has 0 spiro atoms. The summed E-state index contributed by atoms with van der Waals surface area (Å²) in [5.41, 5.74) is 0.438. The van der Waals surface area contributed by atoms with Crippen LogP contribution in [0.15, 0.2) is 10.3 Å². The first-order chi connectivity index (χ1) is 9.40.